The van der Waals surface area contributed by atoms with Crippen molar-refractivity contribution in [2.45, 2.75) is 38.8 Å². The lowest BCUT2D eigenvalue weighted by Gasteiger charge is -2.22. The van der Waals surface area contributed by atoms with E-state index in [0.717, 1.165) is 5.56 Å². The first-order valence-corrected chi connectivity index (χ1v) is 6.72. The molecule has 1 aromatic carbocycles. The largest absolute Gasteiger partial charge is 0.444 e. The Kier molecular flexibility index (Phi) is 6.25. The summed E-state index contributed by atoms with van der Waals surface area (Å²) in [6.07, 6.45) is 3.92. The van der Waals surface area contributed by atoms with Gasteiger partial charge in [0.2, 0.25) is 0 Å². The molecule has 0 spiro atoms. The molecule has 0 saturated carbocycles. The number of alkyl carbamates (subject to hydrolysis) is 1. The number of hydrogen-bond donors (Lipinski definition) is 2. The third kappa shape index (κ3) is 6.95. The van der Waals surface area contributed by atoms with Gasteiger partial charge < -0.3 is 15.2 Å². The molecule has 1 atom stereocenters. The average Bonchev–Trinajstić information content (AvgIpc) is 2.36. The van der Waals surface area contributed by atoms with Gasteiger partial charge in [-0.2, -0.15) is 0 Å². The first-order valence-electron chi connectivity index (χ1n) is 6.72. The number of nitrogens with one attached hydrogen (secondary N) is 1. The lowest BCUT2D eigenvalue weighted by atomic mass is 10.1. The number of amides is 1. The summed E-state index contributed by atoms with van der Waals surface area (Å²) in [5, 5.41) is 11.9. The second kappa shape index (κ2) is 7.70. The molecule has 1 amide bonds. The zero-order valence-corrected chi connectivity index (χ0v) is 12.3. The van der Waals surface area contributed by atoms with Crippen LogP contribution in [0.3, 0.4) is 0 Å². The molecule has 0 aromatic heterocycles. The molecule has 1 rings (SSSR count). The van der Waals surface area contributed by atoms with E-state index in [1.807, 2.05) is 42.5 Å². The lowest BCUT2D eigenvalue weighted by molar-refractivity contribution is 0.0484. The number of rotatable bonds is 5. The van der Waals surface area contributed by atoms with Crippen LogP contribution in [0.25, 0.3) is 6.08 Å². The lowest BCUT2D eigenvalue weighted by Crippen LogP contribution is -2.40. The Morgan fingerprint density at radius 2 is 2.00 bits per heavy atom. The fraction of sp³-hybridized carbons (Fsp3) is 0.438. The van der Waals surface area contributed by atoms with E-state index in [2.05, 4.69) is 5.32 Å². The number of aliphatic hydroxyl groups is 1. The standard InChI is InChI=1S/C16H23NO3/c1-16(2,3)20-15(19)17-14(12-18)11-7-10-13-8-5-4-6-9-13/h4-10,14,18H,11-12H2,1-3H3,(H,17,19)/b10-7-/t14-/m0/s1. The number of benzene rings is 1. The van der Waals surface area contributed by atoms with Gasteiger partial charge in [0.15, 0.2) is 0 Å². The van der Waals surface area contributed by atoms with Crippen LogP contribution in [-0.4, -0.2) is 29.4 Å². The monoisotopic (exact) mass is 277 g/mol. The summed E-state index contributed by atoms with van der Waals surface area (Å²) < 4.78 is 5.15. The summed E-state index contributed by atoms with van der Waals surface area (Å²) in [5.41, 5.74) is 0.547. The minimum atomic E-state index is -0.538. The van der Waals surface area contributed by atoms with Crippen LogP contribution in [0, 0.1) is 0 Å². The molecule has 0 radical (unpaired) electrons. The van der Waals surface area contributed by atoms with Crippen molar-refractivity contribution >= 4 is 12.2 Å². The predicted octanol–water partition coefficient (Wildman–Crippen LogP) is 2.98. The zero-order chi connectivity index (χ0) is 15.0. The highest BCUT2D eigenvalue weighted by atomic mass is 16.6. The highest BCUT2D eigenvalue weighted by Gasteiger charge is 2.18. The SMILES string of the molecule is CC(C)(C)OC(=O)N[C@H](CO)C/C=C\c1ccccc1. The molecule has 0 aliphatic carbocycles. The van der Waals surface area contributed by atoms with Crippen LogP contribution < -0.4 is 5.32 Å². The number of hydrogen-bond acceptors (Lipinski definition) is 3. The van der Waals surface area contributed by atoms with E-state index in [1.165, 1.54) is 0 Å². The van der Waals surface area contributed by atoms with Crippen LogP contribution >= 0.6 is 0 Å². The van der Waals surface area contributed by atoms with Gasteiger partial charge >= 0.3 is 6.09 Å². The van der Waals surface area contributed by atoms with E-state index in [1.54, 1.807) is 20.8 Å². The van der Waals surface area contributed by atoms with Crippen molar-refractivity contribution in [2.24, 2.45) is 0 Å². The van der Waals surface area contributed by atoms with Crippen LogP contribution in [0.15, 0.2) is 36.4 Å². The molecule has 20 heavy (non-hydrogen) atoms. The number of ether oxygens (including phenoxy) is 1. The Balaban J connectivity index is 2.44. The number of carbonyl (C=O) groups is 1. The van der Waals surface area contributed by atoms with Crippen molar-refractivity contribution in [3.63, 3.8) is 0 Å². The molecule has 1 aromatic rings. The molecular weight excluding hydrogens is 254 g/mol. The molecule has 4 nitrogen and oxygen atoms in total. The van der Waals surface area contributed by atoms with Crippen molar-refractivity contribution in [1.82, 2.24) is 5.32 Å². The van der Waals surface area contributed by atoms with Crippen molar-refractivity contribution in [2.75, 3.05) is 6.61 Å². The Bertz CT molecular complexity index is 435. The normalized spacial score (nSPS) is 13.2. The van der Waals surface area contributed by atoms with E-state index in [0.29, 0.717) is 6.42 Å². The summed E-state index contributed by atoms with van der Waals surface area (Å²) >= 11 is 0. The molecule has 0 aliphatic heterocycles. The summed E-state index contributed by atoms with van der Waals surface area (Å²) in [4.78, 5) is 11.6. The van der Waals surface area contributed by atoms with Gasteiger partial charge in [-0.15, -0.1) is 0 Å². The minimum Gasteiger partial charge on any atom is -0.444 e. The van der Waals surface area contributed by atoms with E-state index in [-0.39, 0.29) is 12.6 Å². The topological polar surface area (TPSA) is 58.6 Å². The number of aliphatic hydroxyl groups excluding tert-OH is 1. The molecule has 0 saturated heterocycles. The fourth-order valence-electron chi connectivity index (χ4n) is 1.59. The predicted molar refractivity (Wildman–Crippen MR) is 80.3 cm³/mol. The van der Waals surface area contributed by atoms with Crippen LogP contribution in [0.5, 0.6) is 0 Å². The Hall–Kier alpha value is -1.81. The molecule has 2 N–H and O–H groups in total. The maximum atomic E-state index is 11.6. The van der Waals surface area contributed by atoms with Crippen LogP contribution in [0.1, 0.15) is 32.8 Å². The van der Waals surface area contributed by atoms with Crippen molar-refractivity contribution in [1.29, 1.82) is 0 Å². The van der Waals surface area contributed by atoms with Crippen molar-refractivity contribution < 1.29 is 14.6 Å². The van der Waals surface area contributed by atoms with Gasteiger partial charge in [-0.25, -0.2) is 4.79 Å². The maximum absolute atomic E-state index is 11.6. The van der Waals surface area contributed by atoms with Crippen LogP contribution in [0.4, 0.5) is 4.79 Å². The van der Waals surface area contributed by atoms with E-state index >= 15 is 0 Å². The maximum Gasteiger partial charge on any atom is 0.407 e. The zero-order valence-electron chi connectivity index (χ0n) is 12.3. The molecule has 0 fully saturated rings. The molecule has 4 heteroatoms. The van der Waals surface area contributed by atoms with Gasteiger partial charge in [0.1, 0.15) is 5.60 Å². The quantitative estimate of drug-likeness (QED) is 0.870. The molecule has 0 aliphatic rings. The summed E-state index contributed by atoms with van der Waals surface area (Å²) in [6.45, 7) is 5.28. The van der Waals surface area contributed by atoms with Gasteiger partial charge in [0, 0.05) is 0 Å². The van der Waals surface area contributed by atoms with Crippen molar-refractivity contribution in [3.05, 3.63) is 42.0 Å². The summed E-state index contributed by atoms with van der Waals surface area (Å²) in [5.74, 6) is 0. The van der Waals surface area contributed by atoms with Gasteiger partial charge in [0.25, 0.3) is 0 Å². The molecule has 110 valence electrons. The average molecular weight is 277 g/mol. The highest BCUT2D eigenvalue weighted by Crippen LogP contribution is 2.08. The summed E-state index contributed by atoms with van der Waals surface area (Å²) in [7, 11) is 0. The van der Waals surface area contributed by atoms with Crippen LogP contribution in [0.2, 0.25) is 0 Å². The third-order valence-corrected chi connectivity index (χ3v) is 2.47. The second-order valence-electron chi connectivity index (χ2n) is 5.57. The Labute approximate surface area is 120 Å². The highest BCUT2D eigenvalue weighted by molar-refractivity contribution is 5.68. The van der Waals surface area contributed by atoms with Crippen molar-refractivity contribution in [3.8, 4) is 0 Å². The molecule has 0 heterocycles. The van der Waals surface area contributed by atoms with E-state index < -0.39 is 11.7 Å². The van der Waals surface area contributed by atoms with Gasteiger partial charge in [0.05, 0.1) is 12.6 Å². The summed E-state index contributed by atoms with van der Waals surface area (Å²) in [6, 6.07) is 9.52. The molecule has 0 bridgehead atoms. The van der Waals surface area contributed by atoms with Gasteiger partial charge in [-0.1, -0.05) is 42.5 Å². The third-order valence-electron chi connectivity index (χ3n) is 2.47. The Morgan fingerprint density at radius 1 is 1.35 bits per heavy atom. The van der Waals surface area contributed by atoms with E-state index in [4.69, 9.17) is 4.74 Å². The smallest absolute Gasteiger partial charge is 0.407 e. The van der Waals surface area contributed by atoms with E-state index in [9.17, 15) is 9.90 Å². The van der Waals surface area contributed by atoms with Gasteiger partial charge in [-0.3, -0.25) is 0 Å². The minimum absolute atomic E-state index is 0.127. The second-order valence-corrected chi connectivity index (χ2v) is 5.57. The van der Waals surface area contributed by atoms with Crippen LogP contribution in [-0.2, 0) is 4.74 Å². The fourth-order valence-corrected chi connectivity index (χ4v) is 1.59. The van der Waals surface area contributed by atoms with Gasteiger partial charge in [-0.05, 0) is 32.8 Å². The molecule has 0 unspecified atom stereocenters. The molecular formula is C16H23NO3. The first kappa shape index (κ1) is 16.2. The Morgan fingerprint density at radius 3 is 2.55 bits per heavy atom. The first-order chi connectivity index (χ1) is 9.40. The number of carbonyl (C=O) groups excluding carboxylic acids is 1.